The Labute approximate surface area is 101 Å². The first-order chi connectivity index (χ1) is 8.02. The van der Waals surface area contributed by atoms with Gasteiger partial charge in [-0.25, -0.2) is 0 Å². The van der Waals surface area contributed by atoms with Gasteiger partial charge in [-0.3, -0.25) is 14.5 Å². The number of ether oxygens (including phenoxy) is 1. The smallest absolute Gasteiger partial charge is 0.308 e. The summed E-state index contributed by atoms with van der Waals surface area (Å²) in [7, 11) is 0. The van der Waals surface area contributed by atoms with Crippen molar-refractivity contribution in [1.82, 2.24) is 4.90 Å². The quantitative estimate of drug-likeness (QED) is 0.591. The first-order valence-electron chi connectivity index (χ1n) is 5.88. The molecule has 1 amide bonds. The molecule has 98 valence electrons. The highest BCUT2D eigenvalue weighted by Crippen LogP contribution is 2.16. The third-order valence-corrected chi connectivity index (χ3v) is 2.85. The molecule has 0 bridgehead atoms. The molecule has 0 saturated carbocycles. The molecule has 1 aliphatic heterocycles. The molecular weight excluding hydrogens is 224 g/mol. The van der Waals surface area contributed by atoms with Gasteiger partial charge >= 0.3 is 5.97 Å². The van der Waals surface area contributed by atoms with Gasteiger partial charge in [-0.05, 0) is 19.9 Å². The van der Waals surface area contributed by atoms with E-state index in [1.165, 1.54) is 0 Å². The SMILES string of the molecule is CCOC(=O)CC(O)CN1CCC(C(N)=O)C1. The minimum absolute atomic E-state index is 0.00836. The second-order valence-corrected chi connectivity index (χ2v) is 4.31. The van der Waals surface area contributed by atoms with Crippen molar-refractivity contribution in [2.45, 2.75) is 25.9 Å². The van der Waals surface area contributed by atoms with E-state index in [1.807, 2.05) is 4.90 Å². The van der Waals surface area contributed by atoms with Crippen molar-refractivity contribution < 1.29 is 19.4 Å². The number of nitrogens with zero attached hydrogens (tertiary/aromatic N) is 1. The Morgan fingerprint density at radius 3 is 2.82 bits per heavy atom. The van der Waals surface area contributed by atoms with Gasteiger partial charge in [0.15, 0.2) is 0 Å². The second-order valence-electron chi connectivity index (χ2n) is 4.31. The van der Waals surface area contributed by atoms with Gasteiger partial charge in [0.1, 0.15) is 0 Å². The van der Waals surface area contributed by atoms with Crippen LogP contribution in [0.1, 0.15) is 19.8 Å². The average molecular weight is 244 g/mol. The zero-order valence-corrected chi connectivity index (χ0v) is 10.1. The molecule has 1 saturated heterocycles. The van der Waals surface area contributed by atoms with Crippen LogP contribution in [0.2, 0.25) is 0 Å². The zero-order chi connectivity index (χ0) is 12.8. The van der Waals surface area contributed by atoms with Crippen molar-refractivity contribution in [2.75, 3.05) is 26.2 Å². The van der Waals surface area contributed by atoms with Crippen LogP contribution >= 0.6 is 0 Å². The Balaban J connectivity index is 2.26. The van der Waals surface area contributed by atoms with E-state index in [0.717, 1.165) is 13.0 Å². The van der Waals surface area contributed by atoms with Crippen LogP contribution in [0.5, 0.6) is 0 Å². The maximum absolute atomic E-state index is 11.1. The van der Waals surface area contributed by atoms with Gasteiger partial charge < -0.3 is 15.6 Å². The van der Waals surface area contributed by atoms with Gasteiger partial charge in [-0.15, -0.1) is 0 Å². The predicted octanol–water partition coefficient (Wildman–Crippen LogP) is -0.892. The fraction of sp³-hybridized carbons (Fsp3) is 0.818. The van der Waals surface area contributed by atoms with E-state index < -0.39 is 12.1 Å². The molecule has 0 aromatic carbocycles. The van der Waals surface area contributed by atoms with Gasteiger partial charge in [0.2, 0.25) is 5.91 Å². The highest BCUT2D eigenvalue weighted by Gasteiger charge is 2.28. The van der Waals surface area contributed by atoms with Gasteiger partial charge in [-0.1, -0.05) is 0 Å². The number of rotatable bonds is 6. The van der Waals surface area contributed by atoms with Gasteiger partial charge in [-0.2, -0.15) is 0 Å². The van der Waals surface area contributed by atoms with Crippen LogP contribution in [0.25, 0.3) is 0 Å². The Morgan fingerprint density at radius 2 is 2.29 bits per heavy atom. The second kappa shape index (κ2) is 6.56. The molecule has 0 aliphatic carbocycles. The van der Waals surface area contributed by atoms with Crippen LogP contribution in [0.15, 0.2) is 0 Å². The van der Waals surface area contributed by atoms with Crippen molar-refractivity contribution in [3.8, 4) is 0 Å². The largest absolute Gasteiger partial charge is 0.466 e. The van der Waals surface area contributed by atoms with Crippen LogP contribution in [-0.2, 0) is 14.3 Å². The van der Waals surface area contributed by atoms with Crippen LogP contribution in [0.4, 0.5) is 0 Å². The van der Waals surface area contributed by atoms with Crippen molar-refractivity contribution in [2.24, 2.45) is 11.7 Å². The van der Waals surface area contributed by atoms with Crippen molar-refractivity contribution >= 4 is 11.9 Å². The highest BCUT2D eigenvalue weighted by molar-refractivity contribution is 5.77. The molecule has 0 spiro atoms. The summed E-state index contributed by atoms with van der Waals surface area (Å²) in [5, 5.41) is 9.67. The number of β-amino-alcohol motifs (C(OH)–C–C–N with tert-alkyl or cyclic N) is 1. The minimum Gasteiger partial charge on any atom is -0.466 e. The molecule has 0 aromatic heterocycles. The Kier molecular flexibility index (Phi) is 5.37. The summed E-state index contributed by atoms with van der Waals surface area (Å²) < 4.78 is 4.74. The fourth-order valence-corrected chi connectivity index (χ4v) is 2.01. The molecule has 1 fully saturated rings. The molecule has 0 aromatic rings. The predicted molar refractivity (Wildman–Crippen MR) is 61.0 cm³/mol. The molecule has 2 unspecified atom stereocenters. The molecule has 0 radical (unpaired) electrons. The summed E-state index contributed by atoms with van der Waals surface area (Å²) in [6, 6.07) is 0. The molecule has 17 heavy (non-hydrogen) atoms. The molecule has 6 nitrogen and oxygen atoms in total. The van der Waals surface area contributed by atoms with Crippen LogP contribution < -0.4 is 5.73 Å². The molecule has 6 heteroatoms. The van der Waals surface area contributed by atoms with Crippen LogP contribution in [-0.4, -0.2) is 54.2 Å². The number of hydrogen-bond acceptors (Lipinski definition) is 5. The molecule has 2 atom stereocenters. The fourth-order valence-electron chi connectivity index (χ4n) is 2.01. The molecule has 1 aliphatic rings. The monoisotopic (exact) mass is 244 g/mol. The van der Waals surface area contributed by atoms with Gasteiger partial charge in [0.25, 0.3) is 0 Å². The number of carbonyl (C=O) groups is 2. The highest BCUT2D eigenvalue weighted by atomic mass is 16.5. The lowest BCUT2D eigenvalue weighted by molar-refractivity contribution is -0.145. The number of esters is 1. The summed E-state index contributed by atoms with van der Waals surface area (Å²) in [4.78, 5) is 24.0. The molecule has 1 rings (SSSR count). The first kappa shape index (κ1) is 13.9. The van der Waals surface area contributed by atoms with E-state index >= 15 is 0 Å². The molecule has 3 N–H and O–H groups in total. The van der Waals surface area contributed by atoms with Crippen molar-refractivity contribution in [1.29, 1.82) is 0 Å². The number of aliphatic hydroxyl groups excluding tert-OH is 1. The lowest BCUT2D eigenvalue weighted by Gasteiger charge is -2.19. The first-order valence-corrected chi connectivity index (χ1v) is 5.88. The zero-order valence-electron chi connectivity index (χ0n) is 10.1. The number of hydrogen-bond donors (Lipinski definition) is 2. The molecule has 1 heterocycles. The van der Waals surface area contributed by atoms with Gasteiger partial charge in [0, 0.05) is 13.1 Å². The number of amides is 1. The molecular formula is C11H20N2O4. The van der Waals surface area contributed by atoms with E-state index in [9.17, 15) is 14.7 Å². The Hall–Kier alpha value is -1.14. The Morgan fingerprint density at radius 1 is 1.59 bits per heavy atom. The van der Waals surface area contributed by atoms with E-state index in [1.54, 1.807) is 6.92 Å². The lowest BCUT2D eigenvalue weighted by Crippen LogP contribution is -2.34. The van der Waals surface area contributed by atoms with Crippen molar-refractivity contribution in [3.63, 3.8) is 0 Å². The third-order valence-electron chi connectivity index (χ3n) is 2.85. The number of primary amides is 1. The third kappa shape index (κ3) is 4.70. The maximum Gasteiger partial charge on any atom is 0.308 e. The normalized spacial score (nSPS) is 22.4. The number of carbonyl (C=O) groups excluding carboxylic acids is 2. The summed E-state index contributed by atoms with van der Waals surface area (Å²) in [5.74, 6) is -0.831. The van der Waals surface area contributed by atoms with E-state index in [4.69, 9.17) is 10.5 Å². The van der Waals surface area contributed by atoms with Crippen LogP contribution in [0, 0.1) is 5.92 Å². The summed E-state index contributed by atoms with van der Waals surface area (Å²) >= 11 is 0. The number of likely N-dealkylation sites (tertiary alicyclic amines) is 1. The van der Waals surface area contributed by atoms with E-state index in [-0.39, 0.29) is 18.2 Å². The summed E-state index contributed by atoms with van der Waals surface area (Å²) in [5.41, 5.74) is 5.21. The van der Waals surface area contributed by atoms with Gasteiger partial charge in [0.05, 0.1) is 25.0 Å². The van der Waals surface area contributed by atoms with Crippen molar-refractivity contribution in [3.05, 3.63) is 0 Å². The summed E-state index contributed by atoms with van der Waals surface area (Å²) in [6.45, 7) is 3.71. The maximum atomic E-state index is 11.1. The minimum atomic E-state index is -0.749. The number of aliphatic hydroxyl groups is 1. The topological polar surface area (TPSA) is 92.9 Å². The van der Waals surface area contributed by atoms with E-state index in [2.05, 4.69) is 0 Å². The Bertz CT molecular complexity index is 283. The van der Waals surface area contributed by atoms with E-state index in [0.29, 0.717) is 19.7 Å². The average Bonchev–Trinajstić information content (AvgIpc) is 2.66. The number of nitrogens with two attached hydrogens (primary N) is 1. The standard InChI is InChI=1S/C11H20N2O4/c1-2-17-10(15)5-9(14)7-13-4-3-8(6-13)11(12)16/h8-9,14H,2-7H2,1H3,(H2,12,16). The summed E-state index contributed by atoms with van der Waals surface area (Å²) in [6.07, 6.45) is -0.0341. The lowest BCUT2D eigenvalue weighted by atomic mass is 10.1. The van der Waals surface area contributed by atoms with Crippen LogP contribution in [0.3, 0.4) is 0 Å².